The third kappa shape index (κ3) is 4.60. The first-order valence-corrected chi connectivity index (χ1v) is 9.59. The number of aryl methyl sites for hydroxylation is 1. The zero-order valence-corrected chi connectivity index (χ0v) is 15.2. The van der Waals surface area contributed by atoms with Crippen molar-refractivity contribution in [3.05, 3.63) is 35.5 Å². The second kappa shape index (κ2) is 7.99. The van der Waals surface area contributed by atoms with Gasteiger partial charge in [0.1, 0.15) is 5.82 Å². The Morgan fingerprint density at radius 3 is 2.92 bits per heavy atom. The van der Waals surface area contributed by atoms with E-state index in [2.05, 4.69) is 15.5 Å². The summed E-state index contributed by atoms with van der Waals surface area (Å²) in [6, 6.07) is 5.17. The molecule has 1 amide bonds. The summed E-state index contributed by atoms with van der Waals surface area (Å²) >= 11 is 1.45. The summed E-state index contributed by atoms with van der Waals surface area (Å²) in [5.74, 6) is 0.993. The van der Waals surface area contributed by atoms with Crippen LogP contribution in [0, 0.1) is 12.7 Å². The van der Waals surface area contributed by atoms with Gasteiger partial charge in [0, 0.05) is 11.6 Å². The first-order chi connectivity index (χ1) is 12.0. The van der Waals surface area contributed by atoms with Crippen LogP contribution in [0.3, 0.4) is 0 Å². The van der Waals surface area contributed by atoms with Crippen molar-refractivity contribution in [2.75, 3.05) is 0 Å². The topological polar surface area (TPSA) is 68.0 Å². The van der Waals surface area contributed by atoms with Gasteiger partial charge in [-0.2, -0.15) is 4.98 Å². The first kappa shape index (κ1) is 17.9. The van der Waals surface area contributed by atoms with E-state index in [-0.39, 0.29) is 17.0 Å². The van der Waals surface area contributed by atoms with Gasteiger partial charge in [0.05, 0.1) is 11.0 Å². The van der Waals surface area contributed by atoms with Crippen LogP contribution in [0.15, 0.2) is 22.7 Å². The van der Waals surface area contributed by atoms with Crippen molar-refractivity contribution < 1.29 is 13.7 Å². The number of carbonyl (C=O) groups is 1. The highest BCUT2D eigenvalue weighted by Crippen LogP contribution is 2.23. The number of thioether (sulfide) groups is 1. The molecule has 25 heavy (non-hydrogen) atoms. The quantitative estimate of drug-likeness (QED) is 0.844. The van der Waals surface area contributed by atoms with Crippen LogP contribution in [0.2, 0.25) is 0 Å². The van der Waals surface area contributed by atoms with Crippen LogP contribution >= 0.6 is 11.8 Å². The highest BCUT2D eigenvalue weighted by atomic mass is 32.2. The van der Waals surface area contributed by atoms with Crippen LogP contribution in [0.25, 0.3) is 11.4 Å². The Labute approximate surface area is 150 Å². The molecule has 7 heteroatoms. The van der Waals surface area contributed by atoms with E-state index in [0.29, 0.717) is 34.6 Å². The largest absolute Gasteiger partial charge is 0.352 e. The van der Waals surface area contributed by atoms with Crippen molar-refractivity contribution in [2.45, 2.75) is 56.6 Å². The molecular weight excluding hydrogens is 341 g/mol. The summed E-state index contributed by atoms with van der Waals surface area (Å²) in [4.78, 5) is 16.5. The van der Waals surface area contributed by atoms with Gasteiger partial charge in [-0.3, -0.25) is 4.79 Å². The molecule has 1 N–H and O–H groups in total. The maximum atomic E-state index is 13.6. The number of halogens is 1. The monoisotopic (exact) mass is 363 g/mol. The lowest BCUT2D eigenvalue weighted by molar-refractivity contribution is -0.120. The Morgan fingerprint density at radius 2 is 2.20 bits per heavy atom. The summed E-state index contributed by atoms with van der Waals surface area (Å²) in [6.07, 6.45) is 4.53. The number of rotatable bonds is 6. The zero-order valence-electron chi connectivity index (χ0n) is 14.4. The molecule has 1 heterocycles. The van der Waals surface area contributed by atoms with E-state index in [1.54, 1.807) is 19.1 Å². The minimum atomic E-state index is -0.296. The molecule has 1 atom stereocenters. The molecule has 1 fully saturated rings. The normalized spacial score (nSPS) is 16.1. The van der Waals surface area contributed by atoms with Gasteiger partial charge in [-0.15, -0.1) is 11.8 Å². The third-order valence-corrected chi connectivity index (χ3v) is 5.55. The maximum Gasteiger partial charge on any atom is 0.236 e. The molecule has 1 aromatic heterocycles. The molecule has 2 aromatic rings. The number of nitrogens with zero attached hydrogens (tertiary/aromatic N) is 2. The van der Waals surface area contributed by atoms with Crippen molar-refractivity contribution in [3.63, 3.8) is 0 Å². The fourth-order valence-corrected chi connectivity index (χ4v) is 3.55. The maximum absolute atomic E-state index is 13.6. The summed E-state index contributed by atoms with van der Waals surface area (Å²) in [6.45, 7) is 3.58. The second-order valence-corrected chi connectivity index (χ2v) is 7.75. The number of benzene rings is 1. The van der Waals surface area contributed by atoms with Crippen molar-refractivity contribution >= 4 is 17.7 Å². The van der Waals surface area contributed by atoms with Gasteiger partial charge in [-0.1, -0.05) is 30.1 Å². The van der Waals surface area contributed by atoms with E-state index < -0.39 is 0 Å². The molecule has 1 unspecified atom stereocenters. The average Bonchev–Trinajstić information content (AvgIpc) is 3.27. The molecule has 0 bridgehead atoms. The predicted molar refractivity (Wildman–Crippen MR) is 95.6 cm³/mol. The lowest BCUT2D eigenvalue weighted by atomic mass is 10.1. The van der Waals surface area contributed by atoms with E-state index in [4.69, 9.17) is 4.52 Å². The van der Waals surface area contributed by atoms with E-state index in [1.807, 2.05) is 6.92 Å². The van der Waals surface area contributed by atoms with Gasteiger partial charge < -0.3 is 9.84 Å². The summed E-state index contributed by atoms with van der Waals surface area (Å²) in [5, 5.41) is 6.80. The van der Waals surface area contributed by atoms with Crippen LogP contribution in [-0.2, 0) is 10.5 Å². The van der Waals surface area contributed by atoms with Crippen LogP contribution in [0.4, 0.5) is 4.39 Å². The molecule has 3 rings (SSSR count). The van der Waals surface area contributed by atoms with Crippen molar-refractivity contribution in [2.24, 2.45) is 0 Å². The fraction of sp³-hybridized carbons (Fsp3) is 0.500. The Balaban J connectivity index is 1.54. The zero-order chi connectivity index (χ0) is 17.8. The molecule has 1 saturated carbocycles. The smallest absolute Gasteiger partial charge is 0.236 e. The molecule has 1 aliphatic rings. The Hall–Kier alpha value is -1.89. The lowest BCUT2D eigenvalue weighted by Gasteiger charge is -2.15. The van der Waals surface area contributed by atoms with Crippen LogP contribution in [0.5, 0.6) is 0 Å². The molecule has 0 spiro atoms. The lowest BCUT2D eigenvalue weighted by Crippen LogP contribution is -2.37. The Morgan fingerprint density at radius 1 is 1.44 bits per heavy atom. The standard InChI is InChI=1S/C18H22FN3O2S/c1-11-7-8-13(9-15(11)19)17-21-16(24-22-17)10-25-12(2)18(23)20-14-5-3-4-6-14/h7-9,12,14H,3-6,10H2,1-2H3,(H,20,23). The van der Waals surface area contributed by atoms with E-state index in [1.165, 1.54) is 30.7 Å². The SMILES string of the molecule is Cc1ccc(-c2noc(CSC(C)C(=O)NC3CCCC3)n2)cc1F. The number of hydrogen-bond donors (Lipinski definition) is 1. The van der Waals surface area contributed by atoms with E-state index in [0.717, 1.165) is 12.8 Å². The van der Waals surface area contributed by atoms with Crippen LogP contribution in [-0.4, -0.2) is 27.3 Å². The molecule has 5 nitrogen and oxygen atoms in total. The highest BCUT2D eigenvalue weighted by Gasteiger charge is 2.21. The number of nitrogens with one attached hydrogen (secondary N) is 1. The van der Waals surface area contributed by atoms with Gasteiger partial charge in [0.2, 0.25) is 17.6 Å². The summed E-state index contributed by atoms with van der Waals surface area (Å²) in [7, 11) is 0. The Bertz CT molecular complexity index is 744. The number of aromatic nitrogens is 2. The minimum Gasteiger partial charge on any atom is -0.352 e. The highest BCUT2D eigenvalue weighted by molar-refractivity contribution is 7.99. The van der Waals surface area contributed by atoms with Crippen molar-refractivity contribution in [1.82, 2.24) is 15.5 Å². The fourth-order valence-electron chi connectivity index (χ4n) is 2.82. The molecule has 0 radical (unpaired) electrons. The molecule has 0 aliphatic heterocycles. The summed E-state index contributed by atoms with van der Waals surface area (Å²) < 4.78 is 18.9. The average molecular weight is 363 g/mol. The molecule has 1 aliphatic carbocycles. The number of hydrogen-bond acceptors (Lipinski definition) is 5. The van der Waals surface area contributed by atoms with Crippen LogP contribution in [0.1, 0.15) is 44.1 Å². The van der Waals surface area contributed by atoms with Crippen molar-refractivity contribution in [1.29, 1.82) is 0 Å². The number of amides is 1. The van der Waals surface area contributed by atoms with Gasteiger partial charge >= 0.3 is 0 Å². The predicted octanol–water partition coefficient (Wildman–Crippen LogP) is 3.86. The first-order valence-electron chi connectivity index (χ1n) is 8.54. The van der Waals surface area contributed by atoms with Gasteiger partial charge in [-0.25, -0.2) is 4.39 Å². The molecule has 134 valence electrons. The Kier molecular flexibility index (Phi) is 5.73. The molecular formula is C18H22FN3O2S. The van der Waals surface area contributed by atoms with Gasteiger partial charge in [0.15, 0.2) is 0 Å². The van der Waals surface area contributed by atoms with E-state index >= 15 is 0 Å². The molecule has 1 aromatic carbocycles. The number of carbonyl (C=O) groups excluding carboxylic acids is 1. The van der Waals surface area contributed by atoms with Crippen molar-refractivity contribution in [3.8, 4) is 11.4 Å². The van der Waals surface area contributed by atoms with Gasteiger partial charge in [-0.05, 0) is 38.3 Å². The van der Waals surface area contributed by atoms with E-state index in [9.17, 15) is 9.18 Å². The van der Waals surface area contributed by atoms with Gasteiger partial charge in [0.25, 0.3) is 0 Å². The minimum absolute atomic E-state index is 0.0530. The second-order valence-electron chi connectivity index (χ2n) is 6.42. The third-order valence-electron chi connectivity index (χ3n) is 4.43. The molecule has 0 saturated heterocycles. The van der Waals surface area contributed by atoms with Crippen LogP contribution < -0.4 is 5.32 Å². The summed E-state index contributed by atoms with van der Waals surface area (Å²) in [5.41, 5.74) is 1.15.